The van der Waals surface area contributed by atoms with E-state index in [2.05, 4.69) is 11.4 Å². The van der Waals surface area contributed by atoms with E-state index in [-0.39, 0.29) is 5.91 Å². The molecule has 0 fully saturated rings. The molecule has 1 aromatic rings. The number of ether oxygens (including phenoxy) is 1. The topological polar surface area (TPSA) is 55.4 Å². The number of esters is 1. The molecular formula is C10H10NO3. The molecule has 0 aliphatic heterocycles. The zero-order valence-electron chi connectivity index (χ0n) is 7.96. The number of carbonyl (C=O) groups is 2. The Balaban J connectivity index is 2.90. The molecule has 0 bridgehead atoms. The highest BCUT2D eigenvalue weighted by molar-refractivity contribution is 5.90. The van der Waals surface area contributed by atoms with Crippen molar-refractivity contribution >= 4 is 17.6 Å². The van der Waals surface area contributed by atoms with Crippen LogP contribution in [0.15, 0.2) is 18.2 Å². The third-order valence-electron chi connectivity index (χ3n) is 1.37. The lowest BCUT2D eigenvalue weighted by Crippen LogP contribution is -2.09. The summed E-state index contributed by atoms with van der Waals surface area (Å²) in [4.78, 5) is 21.5. The van der Waals surface area contributed by atoms with Gasteiger partial charge in [-0.05, 0) is 6.07 Å². The van der Waals surface area contributed by atoms with E-state index < -0.39 is 5.97 Å². The van der Waals surface area contributed by atoms with Gasteiger partial charge in [-0.3, -0.25) is 9.59 Å². The Morgan fingerprint density at radius 1 is 1.43 bits per heavy atom. The van der Waals surface area contributed by atoms with Gasteiger partial charge in [0.1, 0.15) is 0 Å². The number of para-hydroxylation sites is 1. The highest BCUT2D eigenvalue weighted by Gasteiger charge is 2.06. The number of hydrogen-bond acceptors (Lipinski definition) is 3. The summed E-state index contributed by atoms with van der Waals surface area (Å²) in [6.45, 7) is 2.67. The number of carbonyl (C=O) groups excluding carboxylic acids is 2. The highest BCUT2D eigenvalue weighted by atomic mass is 16.5. The second-order valence-corrected chi connectivity index (χ2v) is 2.68. The molecule has 1 amide bonds. The van der Waals surface area contributed by atoms with Crippen LogP contribution in [0.2, 0.25) is 0 Å². The molecule has 1 N–H and O–H groups in total. The fourth-order valence-electron chi connectivity index (χ4n) is 0.935. The number of benzene rings is 1. The highest BCUT2D eigenvalue weighted by Crippen LogP contribution is 2.22. The first-order chi connectivity index (χ1) is 6.59. The molecule has 0 spiro atoms. The van der Waals surface area contributed by atoms with Crippen LogP contribution in [0.3, 0.4) is 0 Å². The molecule has 73 valence electrons. The van der Waals surface area contributed by atoms with Gasteiger partial charge in [0, 0.05) is 19.9 Å². The monoisotopic (exact) mass is 192 g/mol. The summed E-state index contributed by atoms with van der Waals surface area (Å²) in [5.74, 6) is -0.368. The summed E-state index contributed by atoms with van der Waals surface area (Å²) >= 11 is 0. The normalized spacial score (nSPS) is 9.29. The lowest BCUT2D eigenvalue weighted by atomic mass is 10.3. The van der Waals surface area contributed by atoms with Gasteiger partial charge in [0.05, 0.1) is 5.69 Å². The van der Waals surface area contributed by atoms with Crippen molar-refractivity contribution < 1.29 is 14.3 Å². The summed E-state index contributed by atoms with van der Waals surface area (Å²) < 4.78 is 4.86. The zero-order valence-corrected chi connectivity index (χ0v) is 7.96. The van der Waals surface area contributed by atoms with Crippen molar-refractivity contribution in [2.75, 3.05) is 5.32 Å². The van der Waals surface area contributed by atoms with Crippen LogP contribution < -0.4 is 10.1 Å². The van der Waals surface area contributed by atoms with Gasteiger partial charge in [0.25, 0.3) is 0 Å². The van der Waals surface area contributed by atoms with Crippen molar-refractivity contribution in [2.45, 2.75) is 13.8 Å². The molecule has 1 radical (unpaired) electrons. The Morgan fingerprint density at radius 3 is 2.71 bits per heavy atom. The minimum atomic E-state index is -0.434. The third-order valence-corrected chi connectivity index (χ3v) is 1.37. The maximum absolute atomic E-state index is 10.8. The van der Waals surface area contributed by atoms with Gasteiger partial charge in [0.15, 0.2) is 5.75 Å². The molecule has 1 rings (SSSR count). The van der Waals surface area contributed by atoms with E-state index in [1.165, 1.54) is 13.8 Å². The van der Waals surface area contributed by atoms with Crippen LogP contribution >= 0.6 is 0 Å². The Hall–Kier alpha value is -1.84. The van der Waals surface area contributed by atoms with E-state index >= 15 is 0 Å². The molecule has 4 heteroatoms. The summed E-state index contributed by atoms with van der Waals surface area (Å²) in [6, 6.07) is 7.64. The second kappa shape index (κ2) is 4.41. The summed E-state index contributed by atoms with van der Waals surface area (Å²) in [5.41, 5.74) is 0.371. The van der Waals surface area contributed by atoms with Gasteiger partial charge in [-0.1, -0.05) is 12.1 Å². The first-order valence-corrected chi connectivity index (χ1v) is 4.06. The number of rotatable bonds is 2. The Kier molecular flexibility index (Phi) is 3.23. The van der Waals surface area contributed by atoms with Crippen LogP contribution in [-0.2, 0) is 9.59 Å². The quantitative estimate of drug-likeness (QED) is 0.568. The standard InChI is InChI=1S/C10H10NO3/c1-7(12)11-9-5-3-4-6-10(9)14-8(2)13/h3-4,6H,1-2H3,(H,11,12). The molecule has 0 aliphatic rings. The van der Waals surface area contributed by atoms with E-state index in [9.17, 15) is 9.59 Å². The van der Waals surface area contributed by atoms with Crippen molar-refractivity contribution in [3.63, 3.8) is 0 Å². The van der Waals surface area contributed by atoms with Crippen molar-refractivity contribution in [3.05, 3.63) is 24.3 Å². The van der Waals surface area contributed by atoms with Crippen molar-refractivity contribution in [1.29, 1.82) is 0 Å². The van der Waals surface area contributed by atoms with Gasteiger partial charge >= 0.3 is 5.97 Å². The largest absolute Gasteiger partial charge is 0.424 e. The molecule has 0 saturated carbocycles. The Morgan fingerprint density at radius 2 is 2.14 bits per heavy atom. The minimum Gasteiger partial charge on any atom is -0.424 e. The average Bonchev–Trinajstić information content (AvgIpc) is 2.06. The summed E-state index contributed by atoms with van der Waals surface area (Å²) in [5, 5.41) is 2.51. The van der Waals surface area contributed by atoms with Gasteiger partial charge in [-0.25, -0.2) is 0 Å². The summed E-state index contributed by atoms with van der Waals surface area (Å²) in [6.07, 6.45) is 0. The lowest BCUT2D eigenvalue weighted by Gasteiger charge is -2.07. The second-order valence-electron chi connectivity index (χ2n) is 2.68. The molecular weight excluding hydrogens is 182 g/mol. The van der Waals surface area contributed by atoms with Crippen LogP contribution in [-0.4, -0.2) is 11.9 Å². The molecule has 1 aromatic carbocycles. The number of nitrogens with one attached hydrogen (secondary N) is 1. The van der Waals surface area contributed by atoms with E-state index in [1.807, 2.05) is 0 Å². The Labute approximate surface area is 81.9 Å². The van der Waals surface area contributed by atoms with Gasteiger partial charge < -0.3 is 10.1 Å². The van der Waals surface area contributed by atoms with Crippen LogP contribution in [0.5, 0.6) is 5.75 Å². The molecule has 0 saturated heterocycles. The third kappa shape index (κ3) is 2.90. The smallest absolute Gasteiger partial charge is 0.308 e. The van der Waals surface area contributed by atoms with Gasteiger partial charge in [-0.2, -0.15) is 0 Å². The molecule has 0 aliphatic carbocycles. The average molecular weight is 192 g/mol. The van der Waals surface area contributed by atoms with Crippen LogP contribution in [0, 0.1) is 6.07 Å². The molecule has 0 unspecified atom stereocenters. The van der Waals surface area contributed by atoms with Gasteiger partial charge in [0.2, 0.25) is 5.91 Å². The Bertz CT molecular complexity index is 325. The van der Waals surface area contributed by atoms with Crippen LogP contribution in [0.4, 0.5) is 5.69 Å². The van der Waals surface area contributed by atoms with E-state index in [0.29, 0.717) is 11.4 Å². The van der Waals surface area contributed by atoms with E-state index in [1.54, 1.807) is 18.2 Å². The van der Waals surface area contributed by atoms with Crippen molar-refractivity contribution in [1.82, 2.24) is 0 Å². The van der Waals surface area contributed by atoms with Crippen LogP contribution in [0.1, 0.15) is 13.8 Å². The molecule has 4 nitrogen and oxygen atoms in total. The molecule has 0 heterocycles. The maximum Gasteiger partial charge on any atom is 0.308 e. The number of hydrogen-bond donors (Lipinski definition) is 1. The molecule has 0 atom stereocenters. The first-order valence-electron chi connectivity index (χ1n) is 4.06. The SMILES string of the molecule is CC(=O)Nc1[c]cccc1OC(C)=O. The van der Waals surface area contributed by atoms with E-state index in [0.717, 1.165) is 0 Å². The number of amides is 1. The minimum absolute atomic E-state index is 0.235. The van der Waals surface area contributed by atoms with Crippen LogP contribution in [0.25, 0.3) is 0 Å². The van der Waals surface area contributed by atoms with E-state index in [4.69, 9.17) is 4.74 Å². The molecule has 14 heavy (non-hydrogen) atoms. The van der Waals surface area contributed by atoms with Crippen molar-refractivity contribution in [3.8, 4) is 5.75 Å². The van der Waals surface area contributed by atoms with Crippen molar-refractivity contribution in [2.24, 2.45) is 0 Å². The fourth-order valence-corrected chi connectivity index (χ4v) is 0.935. The first kappa shape index (κ1) is 10.2. The number of anilines is 1. The zero-order chi connectivity index (χ0) is 10.6. The lowest BCUT2D eigenvalue weighted by molar-refractivity contribution is -0.131. The predicted molar refractivity (Wildman–Crippen MR) is 50.9 cm³/mol. The predicted octanol–water partition coefficient (Wildman–Crippen LogP) is 1.37. The maximum atomic E-state index is 10.8. The fraction of sp³-hybridized carbons (Fsp3) is 0.200. The summed E-state index contributed by atoms with van der Waals surface area (Å²) in [7, 11) is 0. The molecule has 0 aromatic heterocycles. The van der Waals surface area contributed by atoms with Gasteiger partial charge in [-0.15, -0.1) is 0 Å².